The van der Waals surface area contributed by atoms with Gasteiger partial charge in [0.05, 0.1) is 6.04 Å². The van der Waals surface area contributed by atoms with E-state index < -0.39 is 65.1 Å². The van der Waals surface area contributed by atoms with Gasteiger partial charge in [-0.2, -0.15) is 0 Å². The van der Waals surface area contributed by atoms with Gasteiger partial charge in [0, 0.05) is 6.54 Å². The number of Topliss-reactive ketones (excluding diaryl/α,β-unsaturated/α-hetero) is 1. The number of amides is 5. The number of nitrogens with one attached hydrogen (secondary N) is 3. The maximum absolute atomic E-state index is 13.8. The highest BCUT2D eigenvalue weighted by Gasteiger charge is 2.43. The van der Waals surface area contributed by atoms with Crippen molar-refractivity contribution in [1.29, 1.82) is 0 Å². The zero-order chi connectivity index (χ0) is 34.6. The monoisotopic (exact) mass is 655 g/mol. The molecule has 3 aliphatic rings. The highest BCUT2D eigenvalue weighted by atomic mass is 16.5. The summed E-state index contributed by atoms with van der Waals surface area (Å²) in [7, 11) is 0. The fourth-order valence-electron chi connectivity index (χ4n) is 6.02. The standard InChI is InChI=1S/C30H43N5O7.C5H10/c1-18(28(40)42-17-20-10-6-5-7-11-20)32-29(41)34-24(30(2,3)4)27(39)35-15-9-14-22(35)26(38)33-21(23(36)25(31)37)16-19-12-8-13-19;1-2-4-5-3-1/h5-7,10-11,18-19,21-22,24H,8-9,12-17H2,1-4H3,(H2,31,37)(H,33,38)(H2,32,34,41);1-5H2/t18?,21?,22-,24?;/m0./s1. The highest BCUT2D eigenvalue weighted by Crippen LogP contribution is 2.31. The lowest BCUT2D eigenvalue weighted by molar-refractivity contribution is -0.146. The van der Waals surface area contributed by atoms with Crippen LogP contribution >= 0.6 is 0 Å². The molecule has 47 heavy (non-hydrogen) atoms. The average Bonchev–Trinajstić information content (AvgIpc) is 3.75. The molecule has 0 bridgehead atoms. The lowest BCUT2D eigenvalue weighted by Gasteiger charge is -2.36. The Hall–Kier alpha value is -3.96. The molecule has 2 aliphatic carbocycles. The van der Waals surface area contributed by atoms with Crippen molar-refractivity contribution in [3.8, 4) is 0 Å². The van der Waals surface area contributed by atoms with Crippen molar-refractivity contribution in [2.24, 2.45) is 17.1 Å². The van der Waals surface area contributed by atoms with Crippen LogP contribution in [0.4, 0.5) is 4.79 Å². The maximum atomic E-state index is 13.8. The second-order valence-corrected chi connectivity index (χ2v) is 14.0. The van der Waals surface area contributed by atoms with Crippen molar-refractivity contribution in [3.05, 3.63) is 35.9 Å². The summed E-state index contributed by atoms with van der Waals surface area (Å²) in [5, 5.41) is 7.86. The number of carbonyl (C=O) groups is 6. The minimum Gasteiger partial charge on any atom is -0.459 e. The third-order valence-electron chi connectivity index (χ3n) is 9.07. The number of nitrogens with zero attached hydrogens (tertiary/aromatic N) is 1. The van der Waals surface area contributed by atoms with Gasteiger partial charge < -0.3 is 31.3 Å². The number of ether oxygens (including phenoxy) is 1. The minimum atomic E-state index is -1.11. The number of hydrogen-bond acceptors (Lipinski definition) is 7. The van der Waals surface area contributed by atoms with Crippen LogP contribution in [0.2, 0.25) is 0 Å². The molecule has 12 heteroatoms. The normalized spacial score (nSPS) is 19.6. The summed E-state index contributed by atoms with van der Waals surface area (Å²) in [5.41, 5.74) is 5.29. The number of nitrogens with two attached hydrogens (primary N) is 1. The van der Waals surface area contributed by atoms with E-state index in [1.807, 2.05) is 30.3 Å². The van der Waals surface area contributed by atoms with Gasteiger partial charge in [-0.3, -0.25) is 19.2 Å². The Morgan fingerprint density at radius 1 is 0.872 bits per heavy atom. The van der Waals surface area contributed by atoms with E-state index in [0.29, 0.717) is 19.3 Å². The molecule has 3 fully saturated rings. The molecule has 5 amide bonds. The fraction of sp³-hybridized carbons (Fsp3) is 0.657. The van der Waals surface area contributed by atoms with E-state index in [9.17, 15) is 28.8 Å². The fourth-order valence-corrected chi connectivity index (χ4v) is 6.02. The van der Waals surface area contributed by atoms with Crippen LogP contribution in [0.15, 0.2) is 30.3 Å². The zero-order valence-corrected chi connectivity index (χ0v) is 28.3. The Kier molecular flexibility index (Phi) is 14.2. The first-order valence-corrected chi connectivity index (χ1v) is 17.0. The van der Waals surface area contributed by atoms with Gasteiger partial charge in [0.25, 0.3) is 5.91 Å². The quantitative estimate of drug-likeness (QED) is 0.197. The van der Waals surface area contributed by atoms with Crippen LogP contribution in [0.5, 0.6) is 0 Å². The van der Waals surface area contributed by atoms with E-state index in [-0.39, 0.29) is 19.1 Å². The average molecular weight is 656 g/mol. The number of carbonyl (C=O) groups excluding carboxylic acids is 6. The second kappa shape index (κ2) is 17.8. The number of benzene rings is 1. The molecule has 1 heterocycles. The molecule has 1 aromatic rings. The first kappa shape index (κ1) is 37.5. The van der Waals surface area contributed by atoms with Crippen LogP contribution in [0, 0.1) is 11.3 Å². The summed E-state index contributed by atoms with van der Waals surface area (Å²) in [6.45, 7) is 7.15. The summed E-state index contributed by atoms with van der Waals surface area (Å²) >= 11 is 0. The second-order valence-electron chi connectivity index (χ2n) is 14.0. The van der Waals surface area contributed by atoms with Gasteiger partial charge >= 0.3 is 12.0 Å². The molecule has 1 aliphatic heterocycles. The van der Waals surface area contributed by atoms with Crippen molar-refractivity contribution >= 4 is 35.5 Å². The Morgan fingerprint density at radius 3 is 2.02 bits per heavy atom. The van der Waals surface area contributed by atoms with Gasteiger partial charge in [-0.1, -0.05) is 102 Å². The number of esters is 1. The van der Waals surface area contributed by atoms with E-state index in [1.54, 1.807) is 20.8 Å². The predicted octanol–water partition coefficient (Wildman–Crippen LogP) is 3.50. The van der Waals surface area contributed by atoms with E-state index in [2.05, 4.69) is 16.0 Å². The molecule has 12 nitrogen and oxygen atoms in total. The molecule has 1 saturated heterocycles. The molecule has 0 radical (unpaired) electrons. The molecule has 5 N–H and O–H groups in total. The van der Waals surface area contributed by atoms with Crippen molar-refractivity contribution < 1.29 is 33.5 Å². The number of rotatable bonds is 12. The third-order valence-corrected chi connectivity index (χ3v) is 9.07. The van der Waals surface area contributed by atoms with Gasteiger partial charge in [0.15, 0.2) is 0 Å². The Labute approximate surface area is 278 Å². The molecule has 1 aromatic carbocycles. The third kappa shape index (κ3) is 11.7. The van der Waals surface area contributed by atoms with Crippen molar-refractivity contribution in [1.82, 2.24) is 20.9 Å². The van der Waals surface area contributed by atoms with Gasteiger partial charge in [0.1, 0.15) is 24.7 Å². The lowest BCUT2D eigenvalue weighted by atomic mass is 9.80. The van der Waals surface area contributed by atoms with Crippen LogP contribution in [0.3, 0.4) is 0 Å². The molecule has 0 spiro atoms. The van der Waals surface area contributed by atoms with Crippen LogP contribution in [-0.4, -0.2) is 71.1 Å². The smallest absolute Gasteiger partial charge is 0.328 e. The highest BCUT2D eigenvalue weighted by molar-refractivity contribution is 6.37. The maximum Gasteiger partial charge on any atom is 0.328 e. The predicted molar refractivity (Wildman–Crippen MR) is 177 cm³/mol. The first-order chi connectivity index (χ1) is 22.3. The van der Waals surface area contributed by atoms with Gasteiger partial charge in [-0.25, -0.2) is 9.59 Å². The Bertz CT molecular complexity index is 1230. The van der Waals surface area contributed by atoms with E-state index >= 15 is 0 Å². The van der Waals surface area contributed by atoms with Crippen LogP contribution < -0.4 is 21.7 Å². The Morgan fingerprint density at radius 2 is 1.49 bits per heavy atom. The van der Waals surface area contributed by atoms with Crippen LogP contribution in [0.1, 0.15) is 104 Å². The SMILES string of the molecule is C1CCCC1.CC(NC(=O)NC(C(=O)N1CCC[C@H]1C(=O)NC(CC1CCC1)C(=O)C(N)=O)C(C)(C)C)C(=O)OCc1ccccc1. The largest absolute Gasteiger partial charge is 0.459 e. The molecule has 4 rings (SSSR count). The molecule has 0 aromatic heterocycles. The van der Waals surface area contributed by atoms with Crippen molar-refractivity contribution in [2.45, 2.75) is 129 Å². The zero-order valence-electron chi connectivity index (χ0n) is 28.3. The summed E-state index contributed by atoms with van der Waals surface area (Å²) in [5.74, 6) is -3.37. The van der Waals surface area contributed by atoms with Gasteiger partial charge in [-0.05, 0) is 43.1 Å². The van der Waals surface area contributed by atoms with Crippen LogP contribution in [0.25, 0.3) is 0 Å². The molecule has 4 atom stereocenters. The van der Waals surface area contributed by atoms with E-state index in [1.165, 1.54) is 43.9 Å². The number of primary amides is 1. The molecule has 260 valence electrons. The van der Waals surface area contributed by atoms with Crippen LogP contribution in [-0.2, 0) is 35.3 Å². The van der Waals surface area contributed by atoms with E-state index in [0.717, 1.165) is 24.8 Å². The molecular formula is C35H53N5O7. The van der Waals surface area contributed by atoms with Crippen molar-refractivity contribution in [2.75, 3.05) is 6.54 Å². The molecule has 3 unspecified atom stereocenters. The summed E-state index contributed by atoms with van der Waals surface area (Å²) in [6.07, 6.45) is 11.6. The number of hydrogen-bond donors (Lipinski definition) is 4. The Balaban J connectivity index is 0.00000109. The summed E-state index contributed by atoms with van der Waals surface area (Å²) in [6, 6.07) is 4.46. The lowest BCUT2D eigenvalue weighted by Crippen LogP contribution is -2.60. The molecule has 2 saturated carbocycles. The summed E-state index contributed by atoms with van der Waals surface area (Å²) < 4.78 is 5.28. The number of likely N-dealkylation sites (tertiary alicyclic amines) is 1. The first-order valence-electron chi connectivity index (χ1n) is 17.0. The topological polar surface area (TPSA) is 177 Å². The summed E-state index contributed by atoms with van der Waals surface area (Å²) in [4.78, 5) is 77.8. The van der Waals surface area contributed by atoms with E-state index in [4.69, 9.17) is 10.5 Å². The van der Waals surface area contributed by atoms with Crippen molar-refractivity contribution in [3.63, 3.8) is 0 Å². The number of ketones is 1. The molecular weight excluding hydrogens is 602 g/mol. The number of urea groups is 1. The van der Waals surface area contributed by atoms with Gasteiger partial charge in [0.2, 0.25) is 17.6 Å². The minimum absolute atomic E-state index is 0.0569. The van der Waals surface area contributed by atoms with Gasteiger partial charge in [-0.15, -0.1) is 0 Å².